The van der Waals surface area contributed by atoms with E-state index in [0.717, 1.165) is 5.56 Å². The molecule has 0 spiro atoms. The summed E-state index contributed by atoms with van der Waals surface area (Å²) >= 11 is 0. The predicted octanol–water partition coefficient (Wildman–Crippen LogP) is 2.21. The lowest BCUT2D eigenvalue weighted by atomic mass is 9.75. The zero-order chi connectivity index (χ0) is 15.9. The minimum absolute atomic E-state index is 0.0838. The van der Waals surface area contributed by atoms with Crippen LogP contribution in [-0.4, -0.2) is 30.9 Å². The third-order valence-electron chi connectivity index (χ3n) is 4.40. The van der Waals surface area contributed by atoms with Crippen LogP contribution >= 0.6 is 0 Å². The predicted molar refractivity (Wildman–Crippen MR) is 82.1 cm³/mol. The van der Waals surface area contributed by atoms with E-state index < -0.39 is 5.41 Å². The van der Waals surface area contributed by atoms with Crippen LogP contribution in [0, 0.1) is 5.41 Å². The molecule has 1 atom stereocenters. The number of carbonyl (C=O) groups excluding carboxylic acids is 1. The van der Waals surface area contributed by atoms with E-state index in [1.807, 2.05) is 24.3 Å². The van der Waals surface area contributed by atoms with Crippen LogP contribution in [0.1, 0.15) is 15.9 Å². The summed E-state index contributed by atoms with van der Waals surface area (Å²) in [5.74, 6) is 1.86. The highest BCUT2D eigenvalue weighted by atomic mass is 16.7. The molecule has 0 aliphatic carbocycles. The lowest BCUT2D eigenvalue weighted by Crippen LogP contribution is -2.45. The number of hydrogen-bond acceptors (Lipinski definition) is 5. The first-order valence-electron chi connectivity index (χ1n) is 7.48. The number of aliphatic hydroxyl groups is 1. The van der Waals surface area contributed by atoms with Crippen molar-refractivity contribution in [2.24, 2.45) is 5.41 Å². The van der Waals surface area contributed by atoms with Gasteiger partial charge in [-0.05, 0) is 36.2 Å². The Bertz CT molecular complexity index is 770. The van der Waals surface area contributed by atoms with Gasteiger partial charge >= 0.3 is 0 Å². The molecule has 2 aliphatic rings. The van der Waals surface area contributed by atoms with Gasteiger partial charge in [-0.15, -0.1) is 0 Å². The molecule has 118 valence electrons. The number of benzene rings is 2. The second-order valence-electron chi connectivity index (χ2n) is 5.92. The average Bonchev–Trinajstić information content (AvgIpc) is 3.05. The molecule has 0 aromatic heterocycles. The van der Waals surface area contributed by atoms with E-state index in [-0.39, 0.29) is 25.8 Å². The number of Topliss-reactive ketones (excluding diaryl/α,β-unsaturated/α-hetero) is 1. The van der Waals surface area contributed by atoms with Crippen molar-refractivity contribution in [3.63, 3.8) is 0 Å². The minimum atomic E-state index is -0.970. The SMILES string of the molecule is O=C1c2ccccc2OC[C@@]1(CO)Cc1ccc2c(c1)OCO2. The maximum Gasteiger partial charge on any atom is 0.231 e. The number of rotatable bonds is 3. The highest BCUT2D eigenvalue weighted by Crippen LogP contribution is 2.39. The molecule has 5 heteroatoms. The normalized spacial score (nSPS) is 21.7. The lowest BCUT2D eigenvalue weighted by molar-refractivity contribution is 0.0383. The largest absolute Gasteiger partial charge is 0.492 e. The van der Waals surface area contributed by atoms with Crippen molar-refractivity contribution in [2.45, 2.75) is 6.42 Å². The van der Waals surface area contributed by atoms with Gasteiger partial charge in [-0.3, -0.25) is 4.79 Å². The quantitative estimate of drug-likeness (QED) is 0.941. The molecular formula is C18H16O5. The maximum absolute atomic E-state index is 12.9. The molecule has 2 aromatic rings. The first-order valence-corrected chi connectivity index (χ1v) is 7.48. The van der Waals surface area contributed by atoms with Gasteiger partial charge in [0.05, 0.1) is 17.6 Å². The van der Waals surface area contributed by atoms with Gasteiger partial charge in [-0.1, -0.05) is 18.2 Å². The van der Waals surface area contributed by atoms with E-state index >= 15 is 0 Å². The second-order valence-corrected chi connectivity index (χ2v) is 5.92. The monoisotopic (exact) mass is 312 g/mol. The highest BCUT2D eigenvalue weighted by Gasteiger charge is 2.44. The van der Waals surface area contributed by atoms with Gasteiger partial charge < -0.3 is 19.3 Å². The summed E-state index contributed by atoms with van der Waals surface area (Å²) in [5, 5.41) is 9.94. The Kier molecular flexibility index (Phi) is 3.23. The average molecular weight is 312 g/mol. The molecule has 2 aliphatic heterocycles. The first-order chi connectivity index (χ1) is 11.2. The van der Waals surface area contributed by atoms with E-state index in [0.29, 0.717) is 29.2 Å². The van der Waals surface area contributed by atoms with Gasteiger partial charge in [0.1, 0.15) is 12.4 Å². The molecule has 5 nitrogen and oxygen atoms in total. The summed E-state index contributed by atoms with van der Waals surface area (Å²) in [6.07, 6.45) is 0.382. The number of carbonyl (C=O) groups is 1. The molecule has 0 saturated heterocycles. The fraction of sp³-hybridized carbons (Fsp3) is 0.278. The van der Waals surface area contributed by atoms with Crippen LogP contribution in [0.5, 0.6) is 17.2 Å². The molecule has 0 bridgehead atoms. The van der Waals surface area contributed by atoms with Gasteiger partial charge in [0.15, 0.2) is 17.3 Å². The van der Waals surface area contributed by atoms with E-state index in [2.05, 4.69) is 0 Å². The standard InChI is InChI=1S/C18H16O5/c19-9-18(8-12-5-6-15-16(7-12)23-11-22-15)10-21-14-4-2-1-3-13(14)17(18)20/h1-7,19H,8-11H2/t18-/m0/s1. The number of ketones is 1. The second kappa shape index (κ2) is 5.28. The summed E-state index contributed by atoms with van der Waals surface area (Å²) in [6, 6.07) is 12.7. The molecule has 2 heterocycles. The summed E-state index contributed by atoms with van der Waals surface area (Å²) in [5.41, 5.74) is 0.454. The van der Waals surface area contributed by atoms with Crippen LogP contribution in [0.2, 0.25) is 0 Å². The zero-order valence-corrected chi connectivity index (χ0v) is 12.5. The topological polar surface area (TPSA) is 65.0 Å². The Morgan fingerprint density at radius 2 is 1.83 bits per heavy atom. The Balaban J connectivity index is 1.67. The molecule has 2 aromatic carbocycles. The molecule has 0 saturated carbocycles. The highest BCUT2D eigenvalue weighted by molar-refractivity contribution is 6.04. The van der Waals surface area contributed by atoms with E-state index in [9.17, 15) is 9.90 Å². The van der Waals surface area contributed by atoms with Crippen molar-refractivity contribution >= 4 is 5.78 Å². The van der Waals surface area contributed by atoms with Crippen LogP contribution in [-0.2, 0) is 6.42 Å². The molecule has 4 rings (SSSR count). The minimum Gasteiger partial charge on any atom is -0.492 e. The Morgan fingerprint density at radius 3 is 2.70 bits per heavy atom. The van der Waals surface area contributed by atoms with Gasteiger partial charge in [-0.2, -0.15) is 0 Å². The number of hydrogen-bond donors (Lipinski definition) is 1. The lowest BCUT2D eigenvalue weighted by Gasteiger charge is -2.35. The molecular weight excluding hydrogens is 296 g/mol. The summed E-state index contributed by atoms with van der Waals surface area (Å²) in [6.45, 7) is 0.0990. The number of fused-ring (bicyclic) bond motifs is 2. The molecule has 0 unspecified atom stereocenters. The van der Waals surface area contributed by atoms with Crippen molar-refractivity contribution in [1.29, 1.82) is 0 Å². The molecule has 23 heavy (non-hydrogen) atoms. The van der Waals surface area contributed by atoms with Crippen LogP contribution in [0.4, 0.5) is 0 Å². The Labute approximate surface area is 133 Å². The Morgan fingerprint density at radius 1 is 1.00 bits per heavy atom. The van der Waals surface area contributed by atoms with Crippen molar-refractivity contribution in [3.05, 3.63) is 53.6 Å². The summed E-state index contributed by atoms with van der Waals surface area (Å²) < 4.78 is 16.4. The molecule has 0 fully saturated rings. The van der Waals surface area contributed by atoms with Crippen LogP contribution in [0.3, 0.4) is 0 Å². The van der Waals surface area contributed by atoms with Crippen molar-refractivity contribution in [1.82, 2.24) is 0 Å². The van der Waals surface area contributed by atoms with Gasteiger partial charge in [0, 0.05) is 0 Å². The Hall–Kier alpha value is -2.53. The van der Waals surface area contributed by atoms with Crippen LogP contribution in [0.15, 0.2) is 42.5 Å². The third-order valence-corrected chi connectivity index (χ3v) is 4.40. The molecule has 1 N–H and O–H groups in total. The smallest absolute Gasteiger partial charge is 0.231 e. The van der Waals surface area contributed by atoms with Crippen LogP contribution in [0.25, 0.3) is 0 Å². The zero-order valence-electron chi connectivity index (χ0n) is 12.5. The van der Waals surface area contributed by atoms with Crippen molar-refractivity contribution in [2.75, 3.05) is 20.0 Å². The summed E-state index contributed by atoms with van der Waals surface area (Å²) in [7, 11) is 0. The van der Waals surface area contributed by atoms with Crippen LogP contribution < -0.4 is 14.2 Å². The number of aliphatic hydroxyl groups excluding tert-OH is 1. The first kappa shape index (κ1) is 14.1. The molecule has 0 amide bonds. The van der Waals surface area contributed by atoms with Crippen molar-refractivity contribution in [3.8, 4) is 17.2 Å². The van der Waals surface area contributed by atoms with Gasteiger partial charge in [0.25, 0.3) is 0 Å². The third kappa shape index (κ3) is 2.24. The molecule has 0 radical (unpaired) electrons. The van der Waals surface area contributed by atoms with Crippen molar-refractivity contribution < 1.29 is 24.1 Å². The van der Waals surface area contributed by atoms with E-state index in [1.165, 1.54) is 0 Å². The summed E-state index contributed by atoms with van der Waals surface area (Å²) in [4.78, 5) is 12.9. The van der Waals surface area contributed by atoms with Gasteiger partial charge in [0.2, 0.25) is 6.79 Å². The number of para-hydroxylation sites is 1. The fourth-order valence-electron chi connectivity index (χ4n) is 3.09. The van der Waals surface area contributed by atoms with E-state index in [1.54, 1.807) is 18.2 Å². The van der Waals surface area contributed by atoms with E-state index in [4.69, 9.17) is 14.2 Å². The number of ether oxygens (including phenoxy) is 3. The van der Waals surface area contributed by atoms with Gasteiger partial charge in [-0.25, -0.2) is 0 Å². The maximum atomic E-state index is 12.9. The fourth-order valence-corrected chi connectivity index (χ4v) is 3.09.